The van der Waals surface area contributed by atoms with Gasteiger partial charge in [-0.2, -0.15) is 11.8 Å². The molecule has 0 N–H and O–H groups in total. The summed E-state index contributed by atoms with van der Waals surface area (Å²) in [5, 5.41) is 0. The summed E-state index contributed by atoms with van der Waals surface area (Å²) < 4.78 is 0. The van der Waals surface area contributed by atoms with E-state index < -0.39 is 0 Å². The molecule has 1 nitrogen and oxygen atoms in total. The number of carbonyl (C=O) groups is 1. The molecule has 100 valence electrons. The van der Waals surface area contributed by atoms with Crippen LogP contribution in [-0.4, -0.2) is 17.3 Å². The minimum absolute atomic E-state index is 0.256. The lowest BCUT2D eigenvalue weighted by atomic mass is 10.1. The standard InChI is InChI=1S/C16H24OS/c1-4-5-14-6-8-15(9-7-14)16(17)12-18-11-10-13(2)3/h6-9,13H,4-5,10-12H2,1-3H3. The molecule has 1 aromatic carbocycles. The largest absolute Gasteiger partial charge is 0.293 e. The summed E-state index contributed by atoms with van der Waals surface area (Å²) >= 11 is 1.75. The van der Waals surface area contributed by atoms with Crippen molar-refractivity contribution in [1.29, 1.82) is 0 Å². The van der Waals surface area contributed by atoms with Crippen molar-refractivity contribution in [3.63, 3.8) is 0 Å². The van der Waals surface area contributed by atoms with Crippen LogP contribution in [0.1, 0.15) is 49.5 Å². The third kappa shape index (κ3) is 5.72. The summed E-state index contributed by atoms with van der Waals surface area (Å²) in [7, 11) is 0. The zero-order chi connectivity index (χ0) is 13.4. The number of hydrogen-bond donors (Lipinski definition) is 0. The molecule has 0 heterocycles. The first-order valence-corrected chi connectivity index (χ1v) is 7.98. The van der Waals surface area contributed by atoms with Gasteiger partial charge in [-0.25, -0.2) is 0 Å². The van der Waals surface area contributed by atoms with Gasteiger partial charge in [0.25, 0.3) is 0 Å². The zero-order valence-electron chi connectivity index (χ0n) is 11.7. The number of benzene rings is 1. The summed E-state index contributed by atoms with van der Waals surface area (Å²) in [6.45, 7) is 6.61. The summed E-state index contributed by atoms with van der Waals surface area (Å²) in [5.74, 6) is 2.67. The molecule has 0 spiro atoms. The molecule has 0 amide bonds. The average molecular weight is 264 g/mol. The first-order chi connectivity index (χ1) is 8.63. The average Bonchev–Trinajstić information content (AvgIpc) is 2.35. The van der Waals surface area contributed by atoms with E-state index in [2.05, 4.69) is 32.9 Å². The van der Waals surface area contributed by atoms with Gasteiger partial charge in [-0.1, -0.05) is 51.5 Å². The Morgan fingerprint density at radius 3 is 2.44 bits per heavy atom. The molecule has 2 heteroatoms. The highest BCUT2D eigenvalue weighted by molar-refractivity contribution is 7.99. The van der Waals surface area contributed by atoms with Gasteiger partial charge in [-0.15, -0.1) is 0 Å². The summed E-state index contributed by atoms with van der Waals surface area (Å²) in [5.41, 5.74) is 2.17. The Balaban J connectivity index is 2.37. The van der Waals surface area contributed by atoms with Crippen LogP contribution in [0.3, 0.4) is 0 Å². The Kier molecular flexibility index (Phi) is 7.11. The molecule has 1 aromatic rings. The molecular formula is C16H24OS. The highest BCUT2D eigenvalue weighted by atomic mass is 32.2. The summed E-state index contributed by atoms with van der Waals surface area (Å²) in [6.07, 6.45) is 3.43. The van der Waals surface area contributed by atoms with Crippen molar-refractivity contribution in [3.05, 3.63) is 35.4 Å². The minimum atomic E-state index is 0.256. The third-order valence-corrected chi connectivity index (χ3v) is 3.88. The first kappa shape index (κ1) is 15.3. The second-order valence-corrected chi connectivity index (χ2v) is 6.21. The smallest absolute Gasteiger partial charge is 0.172 e. The molecule has 0 saturated carbocycles. The highest BCUT2D eigenvalue weighted by Crippen LogP contribution is 2.13. The molecule has 0 atom stereocenters. The number of ketones is 1. The fourth-order valence-corrected chi connectivity index (χ4v) is 2.85. The van der Waals surface area contributed by atoms with Crippen LogP contribution >= 0.6 is 11.8 Å². The Labute approximate surface area is 115 Å². The van der Waals surface area contributed by atoms with Crippen LogP contribution in [0, 0.1) is 5.92 Å². The molecule has 1 rings (SSSR count). The van der Waals surface area contributed by atoms with Crippen molar-refractivity contribution in [3.8, 4) is 0 Å². The lowest BCUT2D eigenvalue weighted by Crippen LogP contribution is -2.03. The van der Waals surface area contributed by atoms with E-state index in [1.165, 1.54) is 12.0 Å². The maximum atomic E-state index is 11.9. The maximum absolute atomic E-state index is 11.9. The molecule has 0 aliphatic rings. The molecule has 18 heavy (non-hydrogen) atoms. The first-order valence-electron chi connectivity index (χ1n) is 6.83. The Bertz CT molecular complexity index is 354. The molecule has 0 aliphatic carbocycles. The van der Waals surface area contributed by atoms with E-state index in [0.29, 0.717) is 5.75 Å². The van der Waals surface area contributed by atoms with Gasteiger partial charge in [0.15, 0.2) is 5.78 Å². The highest BCUT2D eigenvalue weighted by Gasteiger charge is 2.06. The number of carbonyl (C=O) groups excluding carboxylic acids is 1. The number of Topliss-reactive ketones (excluding diaryl/α,β-unsaturated/α-hetero) is 1. The number of rotatable bonds is 8. The number of aryl methyl sites for hydroxylation is 1. The van der Waals surface area contributed by atoms with Crippen molar-refractivity contribution in [1.82, 2.24) is 0 Å². The minimum Gasteiger partial charge on any atom is -0.293 e. The van der Waals surface area contributed by atoms with Crippen molar-refractivity contribution in [2.45, 2.75) is 40.0 Å². The van der Waals surface area contributed by atoms with Crippen molar-refractivity contribution in [2.24, 2.45) is 5.92 Å². The van der Waals surface area contributed by atoms with Gasteiger partial charge in [0, 0.05) is 5.56 Å². The van der Waals surface area contributed by atoms with E-state index in [1.807, 2.05) is 12.1 Å². The van der Waals surface area contributed by atoms with Crippen LogP contribution in [-0.2, 0) is 6.42 Å². The molecule has 0 saturated heterocycles. The van der Waals surface area contributed by atoms with Gasteiger partial charge >= 0.3 is 0 Å². The quantitative estimate of drug-likeness (QED) is 0.504. The lowest BCUT2D eigenvalue weighted by molar-refractivity contribution is 0.102. The second kappa shape index (κ2) is 8.36. The van der Waals surface area contributed by atoms with Crippen LogP contribution in [0.25, 0.3) is 0 Å². The van der Waals surface area contributed by atoms with Gasteiger partial charge < -0.3 is 0 Å². The van der Waals surface area contributed by atoms with Crippen LogP contribution in [0.5, 0.6) is 0 Å². The summed E-state index contributed by atoms with van der Waals surface area (Å²) in [4.78, 5) is 11.9. The zero-order valence-corrected chi connectivity index (χ0v) is 12.6. The molecule has 0 aromatic heterocycles. The summed E-state index contributed by atoms with van der Waals surface area (Å²) in [6, 6.07) is 8.09. The monoisotopic (exact) mass is 264 g/mol. The number of hydrogen-bond acceptors (Lipinski definition) is 2. The Morgan fingerprint density at radius 2 is 1.89 bits per heavy atom. The fraction of sp³-hybridized carbons (Fsp3) is 0.562. The predicted octanol–water partition coefficient (Wildman–Crippen LogP) is 4.60. The van der Waals surface area contributed by atoms with Gasteiger partial charge in [-0.05, 0) is 30.1 Å². The van der Waals surface area contributed by atoms with E-state index in [0.717, 1.165) is 30.1 Å². The third-order valence-electron chi connectivity index (χ3n) is 2.89. The van der Waals surface area contributed by atoms with E-state index in [4.69, 9.17) is 0 Å². The van der Waals surface area contributed by atoms with Crippen LogP contribution in [0.15, 0.2) is 24.3 Å². The van der Waals surface area contributed by atoms with Gasteiger partial charge in [0.2, 0.25) is 0 Å². The maximum Gasteiger partial charge on any atom is 0.172 e. The molecule has 0 fully saturated rings. The van der Waals surface area contributed by atoms with Crippen molar-refractivity contribution >= 4 is 17.5 Å². The molecule has 0 unspecified atom stereocenters. The van der Waals surface area contributed by atoms with Gasteiger partial charge in [-0.3, -0.25) is 4.79 Å². The SMILES string of the molecule is CCCc1ccc(C(=O)CSCCC(C)C)cc1. The van der Waals surface area contributed by atoms with Crippen LogP contribution < -0.4 is 0 Å². The fourth-order valence-electron chi connectivity index (χ4n) is 1.71. The van der Waals surface area contributed by atoms with E-state index in [1.54, 1.807) is 11.8 Å². The van der Waals surface area contributed by atoms with E-state index >= 15 is 0 Å². The van der Waals surface area contributed by atoms with Crippen LogP contribution in [0.2, 0.25) is 0 Å². The van der Waals surface area contributed by atoms with Gasteiger partial charge in [0.1, 0.15) is 0 Å². The molecule has 0 aliphatic heterocycles. The van der Waals surface area contributed by atoms with E-state index in [9.17, 15) is 4.79 Å². The van der Waals surface area contributed by atoms with E-state index in [-0.39, 0.29) is 5.78 Å². The Hall–Kier alpha value is -0.760. The lowest BCUT2D eigenvalue weighted by Gasteiger charge is -2.05. The van der Waals surface area contributed by atoms with Crippen molar-refractivity contribution < 1.29 is 4.79 Å². The molecule has 0 bridgehead atoms. The predicted molar refractivity (Wildman–Crippen MR) is 81.5 cm³/mol. The topological polar surface area (TPSA) is 17.1 Å². The van der Waals surface area contributed by atoms with Gasteiger partial charge in [0.05, 0.1) is 5.75 Å². The molecule has 0 radical (unpaired) electrons. The number of thioether (sulfide) groups is 1. The Morgan fingerprint density at radius 1 is 1.22 bits per heavy atom. The van der Waals surface area contributed by atoms with Crippen LogP contribution in [0.4, 0.5) is 0 Å². The second-order valence-electron chi connectivity index (χ2n) is 5.11. The van der Waals surface area contributed by atoms with Crippen molar-refractivity contribution in [2.75, 3.05) is 11.5 Å². The normalized spacial score (nSPS) is 10.9. The molecular weight excluding hydrogens is 240 g/mol.